The first kappa shape index (κ1) is 11.8. The first-order valence-electron chi connectivity index (χ1n) is 3.92. The van der Waals surface area contributed by atoms with Crippen molar-refractivity contribution in [2.24, 2.45) is 0 Å². The van der Waals surface area contributed by atoms with E-state index >= 15 is 0 Å². The van der Waals surface area contributed by atoms with Gasteiger partial charge >= 0.3 is 5.69 Å². The van der Waals surface area contributed by atoms with Crippen LogP contribution in [0.1, 0.15) is 17.6 Å². The zero-order valence-corrected chi connectivity index (χ0v) is 7.98. The largest absolute Gasteiger partial charge is 0.480 e. The molecule has 1 aromatic rings. The Morgan fingerprint density at radius 2 is 2.31 bits per heavy atom. The summed E-state index contributed by atoms with van der Waals surface area (Å²) < 4.78 is 29.5. The van der Waals surface area contributed by atoms with E-state index in [0.717, 1.165) is 7.11 Å². The summed E-state index contributed by atoms with van der Waals surface area (Å²) in [6.07, 6.45) is -2.45. The van der Waals surface area contributed by atoms with E-state index in [2.05, 4.69) is 9.72 Å². The van der Waals surface area contributed by atoms with Crippen LogP contribution >= 0.6 is 0 Å². The highest BCUT2D eigenvalue weighted by Crippen LogP contribution is 2.34. The van der Waals surface area contributed by atoms with E-state index in [-0.39, 0.29) is 5.88 Å². The molecule has 1 rings (SSSR count). The van der Waals surface area contributed by atoms with Crippen LogP contribution in [0.15, 0.2) is 6.20 Å². The predicted octanol–water partition coefficient (Wildman–Crippen LogP) is 1.81. The van der Waals surface area contributed by atoms with Crippen molar-refractivity contribution < 1.29 is 18.4 Å². The number of hydrogen-bond acceptors (Lipinski definition) is 5. The minimum absolute atomic E-state index is 0.349. The monoisotopic (exact) mass is 229 g/mol. The molecule has 0 saturated heterocycles. The third kappa shape index (κ3) is 1.88. The molecule has 1 aromatic heterocycles. The van der Waals surface area contributed by atoms with E-state index in [0.29, 0.717) is 6.20 Å². The standard InChI is InChI=1S/C8H5F2N3O3/c1-16-8-4(2-11)6(13(14)15)5(3-12-8)7(9)10/h3,7H,1H3. The highest BCUT2D eigenvalue weighted by Gasteiger charge is 2.29. The highest BCUT2D eigenvalue weighted by molar-refractivity contribution is 5.58. The zero-order valence-electron chi connectivity index (χ0n) is 7.98. The van der Waals surface area contributed by atoms with Crippen molar-refractivity contribution in [2.45, 2.75) is 6.43 Å². The fourth-order valence-electron chi connectivity index (χ4n) is 1.11. The van der Waals surface area contributed by atoms with Crippen LogP contribution in [0, 0.1) is 21.4 Å². The van der Waals surface area contributed by atoms with Gasteiger partial charge in [0.1, 0.15) is 11.6 Å². The predicted molar refractivity (Wildman–Crippen MR) is 47.1 cm³/mol. The van der Waals surface area contributed by atoms with Crippen molar-refractivity contribution in [3.8, 4) is 11.9 Å². The second-order valence-electron chi connectivity index (χ2n) is 2.62. The number of hydrogen-bond donors (Lipinski definition) is 0. The number of ether oxygens (including phenoxy) is 1. The van der Waals surface area contributed by atoms with Gasteiger partial charge in [0, 0.05) is 6.20 Å². The van der Waals surface area contributed by atoms with Crippen molar-refractivity contribution in [1.29, 1.82) is 5.26 Å². The Bertz CT molecular complexity index is 470. The van der Waals surface area contributed by atoms with Crippen LogP contribution < -0.4 is 4.74 Å². The molecule has 0 aliphatic heterocycles. The third-order valence-electron chi connectivity index (χ3n) is 1.77. The molecule has 84 valence electrons. The second kappa shape index (κ2) is 4.48. The topological polar surface area (TPSA) is 89.1 Å². The van der Waals surface area contributed by atoms with Gasteiger partial charge in [0.25, 0.3) is 6.43 Å². The lowest BCUT2D eigenvalue weighted by Gasteiger charge is -2.05. The van der Waals surface area contributed by atoms with Crippen LogP contribution in [0.3, 0.4) is 0 Å². The van der Waals surface area contributed by atoms with E-state index in [1.54, 1.807) is 0 Å². The number of alkyl halides is 2. The fraction of sp³-hybridized carbons (Fsp3) is 0.250. The number of nitro groups is 1. The average Bonchev–Trinajstić information content (AvgIpc) is 2.26. The smallest absolute Gasteiger partial charge is 0.303 e. The van der Waals surface area contributed by atoms with Gasteiger partial charge in [-0.2, -0.15) is 5.26 Å². The number of pyridine rings is 1. The van der Waals surface area contributed by atoms with Crippen LogP contribution in [0.2, 0.25) is 0 Å². The van der Waals surface area contributed by atoms with Crippen LogP contribution in [0.25, 0.3) is 0 Å². The Labute approximate surface area is 88.2 Å². The molecule has 0 unspecified atom stereocenters. The number of aromatic nitrogens is 1. The Kier molecular flexibility index (Phi) is 3.30. The summed E-state index contributed by atoms with van der Waals surface area (Å²) in [5, 5.41) is 19.3. The van der Waals surface area contributed by atoms with Crippen LogP contribution in [0.4, 0.5) is 14.5 Å². The molecule has 1 heterocycles. The SMILES string of the molecule is COc1ncc(C(F)F)c([N+](=O)[O-])c1C#N. The molecule has 0 atom stereocenters. The maximum atomic E-state index is 12.4. The van der Waals surface area contributed by atoms with Gasteiger partial charge in [-0.1, -0.05) is 0 Å². The first-order chi connectivity index (χ1) is 7.52. The van der Waals surface area contributed by atoms with Crippen molar-refractivity contribution in [2.75, 3.05) is 7.11 Å². The molecule has 0 aromatic carbocycles. The molecule has 0 fully saturated rings. The number of methoxy groups -OCH3 is 1. The number of nitrogens with zero attached hydrogens (tertiary/aromatic N) is 3. The van der Waals surface area contributed by atoms with Crippen molar-refractivity contribution in [3.05, 3.63) is 27.4 Å². The summed E-state index contributed by atoms with van der Waals surface area (Å²) in [5.74, 6) is -0.349. The van der Waals surface area contributed by atoms with Gasteiger partial charge in [0.05, 0.1) is 12.0 Å². The normalized spacial score (nSPS) is 9.94. The summed E-state index contributed by atoms with van der Waals surface area (Å²) in [7, 11) is 1.13. The van der Waals surface area contributed by atoms with Crippen molar-refractivity contribution in [3.63, 3.8) is 0 Å². The molecule has 8 heteroatoms. The molecule has 0 saturated carbocycles. The molecular formula is C8H5F2N3O3. The van der Waals surface area contributed by atoms with E-state index < -0.39 is 28.2 Å². The van der Waals surface area contributed by atoms with Gasteiger partial charge in [-0.05, 0) is 0 Å². The van der Waals surface area contributed by atoms with Crippen LogP contribution in [-0.2, 0) is 0 Å². The fourth-order valence-corrected chi connectivity index (χ4v) is 1.11. The molecule has 0 aliphatic carbocycles. The Balaban J connectivity index is 3.59. The summed E-state index contributed by atoms with van der Waals surface area (Å²) in [6.45, 7) is 0. The summed E-state index contributed by atoms with van der Waals surface area (Å²) in [4.78, 5) is 13.0. The maximum absolute atomic E-state index is 12.4. The van der Waals surface area contributed by atoms with Gasteiger partial charge in [-0.25, -0.2) is 13.8 Å². The first-order valence-corrected chi connectivity index (χ1v) is 3.92. The Morgan fingerprint density at radius 1 is 1.69 bits per heavy atom. The molecule has 0 aliphatic rings. The molecule has 0 bridgehead atoms. The quantitative estimate of drug-likeness (QED) is 0.582. The molecule has 16 heavy (non-hydrogen) atoms. The number of nitriles is 1. The van der Waals surface area contributed by atoms with Crippen LogP contribution in [0.5, 0.6) is 5.88 Å². The lowest BCUT2D eigenvalue weighted by atomic mass is 10.1. The lowest BCUT2D eigenvalue weighted by molar-refractivity contribution is -0.386. The summed E-state index contributed by atoms with van der Waals surface area (Å²) >= 11 is 0. The van der Waals surface area contributed by atoms with E-state index in [1.807, 2.05) is 0 Å². The zero-order chi connectivity index (χ0) is 12.3. The van der Waals surface area contributed by atoms with Crippen LogP contribution in [-0.4, -0.2) is 17.0 Å². The number of halogens is 2. The molecule has 0 spiro atoms. The van der Waals surface area contributed by atoms with Gasteiger partial charge in [0.15, 0.2) is 5.56 Å². The van der Waals surface area contributed by atoms with Gasteiger partial charge in [0.2, 0.25) is 5.88 Å². The van der Waals surface area contributed by atoms with Crippen molar-refractivity contribution in [1.82, 2.24) is 4.98 Å². The Hall–Kier alpha value is -2.30. The van der Waals surface area contributed by atoms with E-state index in [1.165, 1.54) is 6.07 Å². The lowest BCUT2D eigenvalue weighted by Crippen LogP contribution is -2.03. The molecule has 0 amide bonds. The molecular weight excluding hydrogens is 224 g/mol. The minimum atomic E-state index is -3.08. The van der Waals surface area contributed by atoms with Crippen molar-refractivity contribution >= 4 is 5.69 Å². The average molecular weight is 229 g/mol. The molecule has 0 radical (unpaired) electrons. The molecule has 6 nitrogen and oxygen atoms in total. The number of rotatable bonds is 3. The maximum Gasteiger partial charge on any atom is 0.303 e. The highest BCUT2D eigenvalue weighted by atomic mass is 19.3. The second-order valence-corrected chi connectivity index (χ2v) is 2.62. The Morgan fingerprint density at radius 3 is 2.69 bits per heavy atom. The molecule has 0 N–H and O–H groups in total. The van der Waals surface area contributed by atoms with E-state index in [9.17, 15) is 18.9 Å². The van der Waals surface area contributed by atoms with Gasteiger partial charge < -0.3 is 4.74 Å². The third-order valence-corrected chi connectivity index (χ3v) is 1.77. The summed E-state index contributed by atoms with van der Waals surface area (Å²) in [5.41, 5.74) is -2.47. The van der Waals surface area contributed by atoms with Gasteiger partial charge in [-0.15, -0.1) is 0 Å². The van der Waals surface area contributed by atoms with Gasteiger partial charge in [-0.3, -0.25) is 10.1 Å². The summed E-state index contributed by atoms with van der Waals surface area (Å²) in [6, 6.07) is 1.43. The van der Waals surface area contributed by atoms with E-state index in [4.69, 9.17) is 5.26 Å². The minimum Gasteiger partial charge on any atom is -0.480 e.